The summed E-state index contributed by atoms with van der Waals surface area (Å²) in [5, 5.41) is 17.2. The Labute approximate surface area is 196 Å². The van der Waals surface area contributed by atoms with Gasteiger partial charge in [-0.25, -0.2) is 9.50 Å². The van der Waals surface area contributed by atoms with E-state index in [9.17, 15) is 4.79 Å². The Morgan fingerprint density at radius 3 is 3.03 bits per heavy atom. The van der Waals surface area contributed by atoms with Crippen LogP contribution in [0.3, 0.4) is 0 Å². The molecule has 172 valence electrons. The van der Waals surface area contributed by atoms with Crippen molar-refractivity contribution in [3.63, 3.8) is 0 Å². The third-order valence-corrected chi connectivity index (χ3v) is 6.38. The third kappa shape index (κ3) is 3.31. The van der Waals surface area contributed by atoms with Gasteiger partial charge in [0.05, 0.1) is 40.8 Å². The van der Waals surface area contributed by atoms with Gasteiger partial charge < -0.3 is 14.3 Å². The van der Waals surface area contributed by atoms with E-state index in [0.717, 1.165) is 28.2 Å². The first-order valence-electron chi connectivity index (χ1n) is 10.9. The van der Waals surface area contributed by atoms with Crippen molar-refractivity contribution >= 4 is 20.7 Å². The number of hydrogen-bond donors (Lipinski definition) is 1. The number of aromatic amines is 1. The second-order valence-corrected chi connectivity index (χ2v) is 9.33. The first-order chi connectivity index (χ1) is 16.5. The molecule has 0 saturated heterocycles. The largest absolute Gasteiger partial charge is 0.412 e. The lowest BCUT2D eigenvalue weighted by atomic mass is 9.99. The number of pyridine rings is 1. The Hall–Kier alpha value is -3.85. The molecular formula is C22H22N9O2P. The molecule has 2 unspecified atom stereocenters. The van der Waals surface area contributed by atoms with Crippen molar-refractivity contribution in [1.82, 2.24) is 44.5 Å². The van der Waals surface area contributed by atoms with E-state index in [1.165, 1.54) is 0 Å². The maximum absolute atomic E-state index is 13.6. The fraction of sp³-hybridized carbons (Fsp3) is 0.273. The molecule has 3 atom stereocenters. The summed E-state index contributed by atoms with van der Waals surface area (Å²) in [5.74, 6) is -0.0785. The maximum Gasteiger partial charge on any atom is 0.312 e. The van der Waals surface area contributed by atoms with Gasteiger partial charge in [-0.3, -0.25) is 9.48 Å². The summed E-state index contributed by atoms with van der Waals surface area (Å²) < 4.78 is 9.37. The van der Waals surface area contributed by atoms with Crippen molar-refractivity contribution in [2.45, 2.75) is 32.1 Å². The second kappa shape index (κ2) is 7.88. The van der Waals surface area contributed by atoms with Crippen LogP contribution in [0.4, 0.5) is 0 Å². The number of nitrogens with zero attached hydrogens (tertiary/aromatic N) is 8. The van der Waals surface area contributed by atoms with Gasteiger partial charge in [0.25, 0.3) is 5.89 Å². The van der Waals surface area contributed by atoms with Gasteiger partial charge in [0.1, 0.15) is 6.04 Å². The molecule has 34 heavy (non-hydrogen) atoms. The Balaban J connectivity index is 1.37. The highest BCUT2D eigenvalue weighted by molar-refractivity contribution is 7.16. The zero-order chi connectivity index (χ0) is 23.4. The fourth-order valence-corrected chi connectivity index (χ4v) is 4.49. The maximum atomic E-state index is 13.6. The summed E-state index contributed by atoms with van der Waals surface area (Å²) in [6.45, 7) is 4.49. The van der Waals surface area contributed by atoms with Crippen molar-refractivity contribution in [3.8, 4) is 11.5 Å². The molecular weight excluding hydrogens is 453 g/mol. The highest BCUT2D eigenvalue weighted by Crippen LogP contribution is 2.34. The zero-order valence-corrected chi connectivity index (χ0v) is 19.7. The van der Waals surface area contributed by atoms with E-state index in [1.807, 2.05) is 42.8 Å². The molecule has 6 rings (SSSR count). The minimum atomic E-state index is -0.474. The molecule has 0 fully saturated rings. The van der Waals surface area contributed by atoms with Crippen LogP contribution < -0.4 is 0 Å². The van der Waals surface area contributed by atoms with Gasteiger partial charge in [0.15, 0.2) is 0 Å². The zero-order valence-electron chi connectivity index (χ0n) is 18.6. The van der Waals surface area contributed by atoms with Gasteiger partial charge in [0, 0.05) is 31.1 Å². The smallest absolute Gasteiger partial charge is 0.312 e. The summed E-state index contributed by atoms with van der Waals surface area (Å²) >= 11 is 0. The molecule has 5 aromatic rings. The number of aryl methyl sites for hydroxylation is 1. The molecule has 1 amide bonds. The SMILES string of the molecule is Cc1cccn2nc([C@H]3c4nc[nH]c4CCN3C(=O)c3nnc(-c4cnn(C(C)P)c4)o3)cc12. The monoisotopic (exact) mass is 475 g/mol. The van der Waals surface area contributed by atoms with Crippen LogP contribution in [-0.4, -0.2) is 56.9 Å². The molecule has 0 aromatic carbocycles. The highest BCUT2D eigenvalue weighted by Gasteiger charge is 2.38. The number of aromatic nitrogens is 8. The predicted octanol–water partition coefficient (Wildman–Crippen LogP) is 2.79. The average molecular weight is 475 g/mol. The van der Waals surface area contributed by atoms with Crippen LogP contribution in [0.1, 0.15) is 52.1 Å². The van der Waals surface area contributed by atoms with Crippen molar-refractivity contribution in [2.75, 3.05) is 6.54 Å². The van der Waals surface area contributed by atoms with Crippen LogP contribution in [0.5, 0.6) is 0 Å². The number of amides is 1. The summed E-state index contributed by atoms with van der Waals surface area (Å²) in [4.78, 5) is 23.0. The van der Waals surface area contributed by atoms with Gasteiger partial charge in [-0.2, -0.15) is 10.2 Å². The number of hydrogen-bond acceptors (Lipinski definition) is 7. The number of H-pyrrole nitrogens is 1. The summed E-state index contributed by atoms with van der Waals surface area (Å²) in [6, 6.07) is 5.51. The number of fused-ring (bicyclic) bond motifs is 2. The van der Waals surface area contributed by atoms with Crippen molar-refractivity contribution in [2.24, 2.45) is 0 Å². The third-order valence-electron chi connectivity index (χ3n) is 6.07. The standard InChI is InChI=1S/C22H22N9O2P/c1-12-4-3-6-30-17(12)8-16(28-30)19-18-15(23-11-24-18)5-7-29(19)22(32)21-27-26-20(33-21)14-9-25-31(10-14)13(2)34/h3-4,6,8-11,13,19H,5,7,34H2,1-2H3,(H,23,24)/t13?,19-/m0/s1. The number of imidazole rings is 1. The lowest BCUT2D eigenvalue weighted by Crippen LogP contribution is -2.41. The van der Waals surface area contributed by atoms with Gasteiger partial charge in [-0.15, -0.1) is 19.4 Å². The van der Waals surface area contributed by atoms with Crippen LogP contribution in [0, 0.1) is 6.92 Å². The normalized spacial score (nSPS) is 16.7. The molecule has 0 aliphatic carbocycles. The van der Waals surface area contributed by atoms with Crippen LogP contribution >= 0.6 is 9.24 Å². The fourth-order valence-electron chi connectivity index (χ4n) is 4.32. The van der Waals surface area contributed by atoms with Gasteiger partial charge >= 0.3 is 11.8 Å². The van der Waals surface area contributed by atoms with Gasteiger partial charge in [-0.1, -0.05) is 6.07 Å². The predicted molar refractivity (Wildman–Crippen MR) is 125 cm³/mol. The molecule has 1 aliphatic rings. The molecule has 6 heterocycles. The minimum absolute atomic E-state index is 0.0781. The van der Waals surface area contributed by atoms with Crippen molar-refractivity contribution in [3.05, 3.63) is 71.7 Å². The number of carbonyl (C=O) groups is 1. The van der Waals surface area contributed by atoms with E-state index < -0.39 is 6.04 Å². The summed E-state index contributed by atoms with van der Waals surface area (Å²) in [6.07, 6.45) is 7.64. The molecule has 0 saturated carbocycles. The number of carbonyl (C=O) groups excluding carboxylic acids is 1. The van der Waals surface area contributed by atoms with E-state index in [2.05, 4.69) is 34.5 Å². The Bertz CT molecular complexity index is 1510. The van der Waals surface area contributed by atoms with E-state index in [0.29, 0.717) is 18.5 Å². The molecule has 12 heteroatoms. The summed E-state index contributed by atoms with van der Waals surface area (Å²) in [5.41, 5.74) is 5.23. The molecule has 0 spiro atoms. The van der Waals surface area contributed by atoms with Crippen LogP contribution in [-0.2, 0) is 6.42 Å². The number of nitrogens with one attached hydrogen (secondary N) is 1. The first kappa shape index (κ1) is 20.7. The Kier molecular flexibility index (Phi) is 4.80. The minimum Gasteiger partial charge on any atom is -0.412 e. The van der Waals surface area contributed by atoms with Crippen molar-refractivity contribution < 1.29 is 9.21 Å². The van der Waals surface area contributed by atoms with Crippen LogP contribution in [0.25, 0.3) is 17.0 Å². The van der Waals surface area contributed by atoms with E-state index >= 15 is 0 Å². The van der Waals surface area contributed by atoms with E-state index in [4.69, 9.17) is 9.52 Å². The topological polar surface area (TPSA) is 123 Å². The Morgan fingerprint density at radius 2 is 2.24 bits per heavy atom. The van der Waals surface area contributed by atoms with Crippen LogP contribution in [0.15, 0.2) is 47.5 Å². The average Bonchev–Trinajstić information content (AvgIpc) is 3.62. The molecule has 0 bridgehead atoms. The van der Waals surface area contributed by atoms with Crippen molar-refractivity contribution in [1.29, 1.82) is 0 Å². The number of rotatable bonds is 4. The summed E-state index contributed by atoms with van der Waals surface area (Å²) in [7, 11) is 2.67. The molecule has 1 aliphatic heterocycles. The van der Waals surface area contributed by atoms with E-state index in [1.54, 1.807) is 28.3 Å². The van der Waals surface area contributed by atoms with Crippen LogP contribution in [0.2, 0.25) is 0 Å². The first-order valence-corrected chi connectivity index (χ1v) is 11.6. The van der Waals surface area contributed by atoms with Gasteiger partial charge in [-0.05, 0) is 31.5 Å². The lowest BCUT2D eigenvalue weighted by molar-refractivity contribution is 0.0646. The molecule has 11 nitrogen and oxygen atoms in total. The second-order valence-electron chi connectivity index (χ2n) is 8.37. The molecule has 0 radical (unpaired) electrons. The van der Waals surface area contributed by atoms with E-state index in [-0.39, 0.29) is 23.5 Å². The highest BCUT2D eigenvalue weighted by atomic mass is 31.0. The lowest BCUT2D eigenvalue weighted by Gasteiger charge is -2.32. The quantitative estimate of drug-likeness (QED) is 0.397. The van der Waals surface area contributed by atoms with Gasteiger partial charge in [0.2, 0.25) is 0 Å². The Morgan fingerprint density at radius 1 is 1.35 bits per heavy atom. The molecule has 5 aromatic heterocycles. The molecule has 1 N–H and O–H groups in total.